The Morgan fingerprint density at radius 3 is 2.78 bits per heavy atom. The van der Waals surface area contributed by atoms with Crippen LogP contribution in [0.2, 0.25) is 0 Å². The van der Waals surface area contributed by atoms with Crippen LogP contribution in [0.15, 0.2) is 36.4 Å². The van der Waals surface area contributed by atoms with Crippen molar-refractivity contribution in [1.29, 1.82) is 0 Å². The molecule has 0 aliphatic carbocycles. The summed E-state index contributed by atoms with van der Waals surface area (Å²) in [7, 11) is 0. The molecule has 0 aliphatic rings. The minimum Gasteiger partial charge on any atom is -0.352 e. The number of carbonyl (C=O) groups is 2. The van der Waals surface area contributed by atoms with Gasteiger partial charge in [-0.3, -0.25) is 9.59 Å². The average molecular weight is 246 g/mol. The molecular formula is C14H18N2O2. The standard InChI is InChI=1S/C14H18N2O2/c1-3-6-13(17)16-12-8-5-7-11(10-12)14(18)15-9-4-2/h3,5-8,10H,4,9H2,1-2H3,(H,15,18)(H,16,17). The summed E-state index contributed by atoms with van der Waals surface area (Å²) < 4.78 is 0. The number of anilines is 1. The zero-order valence-corrected chi connectivity index (χ0v) is 10.7. The van der Waals surface area contributed by atoms with Crippen molar-refractivity contribution in [1.82, 2.24) is 5.32 Å². The fraction of sp³-hybridized carbons (Fsp3) is 0.286. The fourth-order valence-corrected chi connectivity index (χ4v) is 1.41. The van der Waals surface area contributed by atoms with Gasteiger partial charge in [-0.2, -0.15) is 0 Å². The van der Waals surface area contributed by atoms with Gasteiger partial charge in [0.15, 0.2) is 0 Å². The lowest BCUT2D eigenvalue weighted by Gasteiger charge is -2.06. The molecule has 2 N–H and O–H groups in total. The molecule has 0 spiro atoms. The van der Waals surface area contributed by atoms with Crippen LogP contribution in [0, 0.1) is 0 Å². The molecule has 2 amide bonds. The molecule has 0 aliphatic heterocycles. The van der Waals surface area contributed by atoms with E-state index in [0.717, 1.165) is 6.42 Å². The average Bonchev–Trinajstić information content (AvgIpc) is 2.36. The highest BCUT2D eigenvalue weighted by Crippen LogP contribution is 2.10. The van der Waals surface area contributed by atoms with Crippen molar-refractivity contribution in [2.75, 3.05) is 11.9 Å². The van der Waals surface area contributed by atoms with E-state index < -0.39 is 0 Å². The van der Waals surface area contributed by atoms with Gasteiger partial charge in [0.05, 0.1) is 0 Å². The van der Waals surface area contributed by atoms with Gasteiger partial charge < -0.3 is 10.6 Å². The summed E-state index contributed by atoms with van der Waals surface area (Å²) in [5, 5.41) is 5.48. The van der Waals surface area contributed by atoms with E-state index in [1.165, 1.54) is 6.08 Å². The van der Waals surface area contributed by atoms with Crippen LogP contribution < -0.4 is 10.6 Å². The van der Waals surface area contributed by atoms with Gasteiger partial charge >= 0.3 is 0 Å². The Kier molecular flexibility index (Phi) is 5.64. The van der Waals surface area contributed by atoms with Gasteiger partial charge in [-0.05, 0) is 37.6 Å². The van der Waals surface area contributed by atoms with Gasteiger partial charge in [-0.1, -0.05) is 19.1 Å². The lowest BCUT2D eigenvalue weighted by Crippen LogP contribution is -2.24. The number of nitrogens with one attached hydrogen (secondary N) is 2. The molecule has 4 heteroatoms. The van der Waals surface area contributed by atoms with Crippen molar-refractivity contribution in [3.8, 4) is 0 Å². The third kappa shape index (κ3) is 4.41. The Morgan fingerprint density at radius 1 is 1.33 bits per heavy atom. The van der Waals surface area contributed by atoms with Crippen LogP contribution in [-0.2, 0) is 4.79 Å². The summed E-state index contributed by atoms with van der Waals surface area (Å²) in [6.45, 7) is 4.41. The summed E-state index contributed by atoms with van der Waals surface area (Å²) in [5.74, 6) is -0.331. The van der Waals surface area contributed by atoms with Crippen molar-refractivity contribution in [2.45, 2.75) is 20.3 Å². The molecule has 0 saturated carbocycles. The van der Waals surface area contributed by atoms with Crippen molar-refractivity contribution < 1.29 is 9.59 Å². The molecule has 1 aromatic carbocycles. The number of hydrogen-bond acceptors (Lipinski definition) is 2. The fourth-order valence-electron chi connectivity index (χ4n) is 1.41. The third-order valence-electron chi connectivity index (χ3n) is 2.25. The summed E-state index contributed by atoms with van der Waals surface area (Å²) >= 11 is 0. The van der Waals surface area contributed by atoms with Crippen LogP contribution >= 0.6 is 0 Å². The number of allylic oxidation sites excluding steroid dienone is 1. The summed E-state index contributed by atoms with van der Waals surface area (Å²) in [5.41, 5.74) is 1.16. The predicted molar refractivity (Wildman–Crippen MR) is 72.5 cm³/mol. The van der Waals surface area contributed by atoms with E-state index >= 15 is 0 Å². The zero-order valence-electron chi connectivity index (χ0n) is 10.7. The van der Waals surface area contributed by atoms with E-state index in [1.807, 2.05) is 6.92 Å². The molecule has 0 unspecified atom stereocenters. The molecule has 0 atom stereocenters. The minimum atomic E-state index is -0.205. The first-order valence-corrected chi connectivity index (χ1v) is 5.99. The van der Waals surface area contributed by atoms with Crippen LogP contribution in [0.3, 0.4) is 0 Å². The molecule has 0 bridgehead atoms. The molecule has 18 heavy (non-hydrogen) atoms. The Bertz CT molecular complexity index is 453. The van der Waals surface area contributed by atoms with Gasteiger partial charge in [-0.25, -0.2) is 0 Å². The molecule has 1 aromatic rings. The van der Waals surface area contributed by atoms with E-state index in [4.69, 9.17) is 0 Å². The maximum absolute atomic E-state index is 11.7. The SMILES string of the molecule is CC=CC(=O)Nc1cccc(C(=O)NCCC)c1. The van der Waals surface area contributed by atoms with E-state index in [9.17, 15) is 9.59 Å². The number of benzene rings is 1. The smallest absolute Gasteiger partial charge is 0.251 e. The summed E-state index contributed by atoms with van der Waals surface area (Å²) in [6.07, 6.45) is 3.99. The second kappa shape index (κ2) is 7.27. The highest BCUT2D eigenvalue weighted by Gasteiger charge is 2.05. The zero-order chi connectivity index (χ0) is 13.4. The Labute approximate surface area is 107 Å². The van der Waals surface area contributed by atoms with E-state index in [-0.39, 0.29) is 11.8 Å². The van der Waals surface area contributed by atoms with Gasteiger partial charge in [-0.15, -0.1) is 0 Å². The largest absolute Gasteiger partial charge is 0.352 e. The third-order valence-corrected chi connectivity index (χ3v) is 2.25. The first-order valence-electron chi connectivity index (χ1n) is 5.99. The van der Waals surface area contributed by atoms with Crippen molar-refractivity contribution in [2.24, 2.45) is 0 Å². The molecule has 4 nitrogen and oxygen atoms in total. The number of amides is 2. The maximum Gasteiger partial charge on any atom is 0.251 e. The van der Waals surface area contributed by atoms with Gasteiger partial charge in [0.1, 0.15) is 0 Å². The van der Waals surface area contributed by atoms with E-state index in [0.29, 0.717) is 17.8 Å². The minimum absolute atomic E-state index is 0.126. The predicted octanol–water partition coefficient (Wildman–Crippen LogP) is 2.34. The van der Waals surface area contributed by atoms with Crippen LogP contribution in [-0.4, -0.2) is 18.4 Å². The first kappa shape index (κ1) is 14.0. The maximum atomic E-state index is 11.7. The highest BCUT2D eigenvalue weighted by atomic mass is 16.2. The number of carbonyl (C=O) groups excluding carboxylic acids is 2. The highest BCUT2D eigenvalue weighted by molar-refractivity contribution is 6.01. The van der Waals surface area contributed by atoms with Crippen LogP contribution in [0.4, 0.5) is 5.69 Å². The molecule has 96 valence electrons. The normalized spacial score (nSPS) is 10.3. The van der Waals surface area contributed by atoms with Gasteiger partial charge in [0, 0.05) is 17.8 Å². The molecule has 0 radical (unpaired) electrons. The van der Waals surface area contributed by atoms with Crippen LogP contribution in [0.1, 0.15) is 30.6 Å². The van der Waals surface area contributed by atoms with Crippen molar-refractivity contribution in [3.05, 3.63) is 42.0 Å². The monoisotopic (exact) mass is 246 g/mol. The van der Waals surface area contributed by atoms with Gasteiger partial charge in [0.25, 0.3) is 5.91 Å². The Balaban J connectivity index is 2.73. The molecule has 0 fully saturated rings. The first-order chi connectivity index (χ1) is 8.67. The second-order valence-electron chi connectivity index (χ2n) is 3.83. The van der Waals surface area contributed by atoms with E-state index in [1.54, 1.807) is 37.3 Å². The lowest BCUT2D eigenvalue weighted by molar-refractivity contribution is -0.111. The lowest BCUT2D eigenvalue weighted by atomic mass is 10.2. The molecule has 0 aromatic heterocycles. The van der Waals surface area contributed by atoms with Gasteiger partial charge in [0.2, 0.25) is 5.91 Å². The molecular weight excluding hydrogens is 228 g/mol. The summed E-state index contributed by atoms with van der Waals surface area (Å²) in [4.78, 5) is 23.1. The Morgan fingerprint density at radius 2 is 2.11 bits per heavy atom. The van der Waals surface area contributed by atoms with Crippen molar-refractivity contribution >= 4 is 17.5 Å². The number of rotatable bonds is 5. The quantitative estimate of drug-likeness (QED) is 0.783. The number of hydrogen-bond donors (Lipinski definition) is 2. The van der Waals surface area contributed by atoms with Crippen molar-refractivity contribution in [3.63, 3.8) is 0 Å². The topological polar surface area (TPSA) is 58.2 Å². The summed E-state index contributed by atoms with van der Waals surface area (Å²) in [6, 6.07) is 6.87. The molecule has 0 saturated heterocycles. The van der Waals surface area contributed by atoms with Crippen LogP contribution in [0.25, 0.3) is 0 Å². The van der Waals surface area contributed by atoms with Crippen LogP contribution in [0.5, 0.6) is 0 Å². The second-order valence-corrected chi connectivity index (χ2v) is 3.83. The molecule has 0 heterocycles. The Hall–Kier alpha value is -2.10. The molecule has 1 rings (SSSR count). The van der Waals surface area contributed by atoms with E-state index in [2.05, 4.69) is 10.6 Å².